The largest absolute Gasteiger partial charge is 0.426 e. The van der Waals surface area contributed by atoms with E-state index in [4.69, 9.17) is 18.9 Å². The molecule has 15 aromatic rings. The van der Waals surface area contributed by atoms with Crippen LogP contribution in [0.2, 0.25) is 0 Å². The summed E-state index contributed by atoms with van der Waals surface area (Å²) in [7, 11) is 0. The lowest BCUT2D eigenvalue weighted by Crippen LogP contribution is -2.29. The quantitative estimate of drug-likeness (QED) is 0.0486. The van der Waals surface area contributed by atoms with Crippen molar-refractivity contribution in [1.82, 2.24) is 0 Å². The average Bonchev–Trinajstić information content (AvgIpc) is 1.51. The van der Waals surface area contributed by atoms with Crippen LogP contribution in [0.5, 0.6) is 23.0 Å². The first-order chi connectivity index (χ1) is 49.6. The number of rotatable bonds is 13. The number of hydrogen-bond acceptors (Lipinski definition) is 8. The van der Waals surface area contributed by atoms with Crippen LogP contribution < -0.4 is 18.9 Å². The van der Waals surface area contributed by atoms with E-state index in [-0.39, 0.29) is 11.9 Å². The second-order valence-electron chi connectivity index (χ2n) is 27.3. The molecule has 1 atom stereocenters. The van der Waals surface area contributed by atoms with Crippen LogP contribution in [0.15, 0.2) is 315 Å². The first kappa shape index (κ1) is 62.7. The summed E-state index contributed by atoms with van der Waals surface area (Å²) in [6.07, 6.45) is 3.16. The number of ether oxygens (including phenoxy) is 4. The normalized spacial score (nSPS) is 14.5. The van der Waals surface area contributed by atoms with Gasteiger partial charge in [-0.2, -0.15) is 0 Å². The van der Waals surface area contributed by atoms with Crippen LogP contribution in [0.3, 0.4) is 0 Å². The Balaban J connectivity index is 0.656. The summed E-state index contributed by atoms with van der Waals surface area (Å²) < 4.78 is 23.5. The molecule has 0 saturated carbocycles. The second-order valence-corrected chi connectivity index (χ2v) is 27.3. The van der Waals surface area contributed by atoms with Gasteiger partial charge in [-0.1, -0.05) is 239 Å². The Bertz CT molecular complexity index is 6140. The van der Waals surface area contributed by atoms with Crippen LogP contribution in [0.25, 0.3) is 97.7 Å². The van der Waals surface area contributed by atoms with Crippen LogP contribution >= 0.6 is 0 Å². The number of esters is 4. The summed E-state index contributed by atoms with van der Waals surface area (Å²) in [5, 5.41) is 14.5. The van der Waals surface area contributed by atoms with Crippen LogP contribution in [0.1, 0.15) is 79.1 Å². The lowest BCUT2D eigenvalue weighted by Gasteiger charge is -2.36. The number of fused-ring (bicyclic) bond motifs is 16. The Hall–Kier alpha value is -12.8. The molecular formula is C94H66O8. The molecule has 102 heavy (non-hydrogen) atoms. The molecule has 490 valence electrons. The van der Waals surface area contributed by atoms with E-state index >= 15 is 0 Å². The van der Waals surface area contributed by atoms with Gasteiger partial charge in [0.1, 0.15) is 23.0 Å². The Labute approximate surface area is 589 Å². The van der Waals surface area contributed by atoms with Gasteiger partial charge in [-0.3, -0.25) is 4.79 Å². The van der Waals surface area contributed by atoms with Crippen LogP contribution in [-0.2, 0) is 30.0 Å². The van der Waals surface area contributed by atoms with Crippen molar-refractivity contribution in [2.24, 2.45) is 5.92 Å². The first-order valence-corrected chi connectivity index (χ1v) is 34.4. The zero-order valence-corrected chi connectivity index (χ0v) is 56.8. The minimum atomic E-state index is -0.816. The van der Waals surface area contributed by atoms with Crippen molar-refractivity contribution >= 4 is 99.3 Å². The number of hydrogen-bond donors (Lipinski definition) is 0. The maximum atomic E-state index is 13.9. The summed E-state index contributed by atoms with van der Waals surface area (Å²) in [6.45, 7) is 12.4. The van der Waals surface area contributed by atoms with Crippen LogP contribution in [0, 0.1) is 5.92 Å². The fourth-order valence-electron chi connectivity index (χ4n) is 15.8. The summed E-state index contributed by atoms with van der Waals surface area (Å²) in [6, 6.07) is 97.3. The third kappa shape index (κ3) is 10.3. The van der Waals surface area contributed by atoms with Crippen LogP contribution in [-0.4, -0.2) is 23.9 Å². The topological polar surface area (TPSA) is 105 Å². The van der Waals surface area contributed by atoms with Gasteiger partial charge in [-0.05, 0) is 236 Å². The summed E-state index contributed by atoms with van der Waals surface area (Å²) >= 11 is 0. The number of carbonyl (C=O) groups excluding carboxylic acids is 4. The van der Waals surface area contributed by atoms with Crippen molar-refractivity contribution in [1.29, 1.82) is 0 Å². The van der Waals surface area contributed by atoms with Gasteiger partial charge in [-0.15, -0.1) is 0 Å². The van der Waals surface area contributed by atoms with E-state index in [2.05, 4.69) is 213 Å². The van der Waals surface area contributed by atoms with Crippen molar-refractivity contribution in [3.63, 3.8) is 0 Å². The maximum absolute atomic E-state index is 13.9. The van der Waals surface area contributed by atoms with Gasteiger partial charge in [0.25, 0.3) is 0 Å². The molecule has 0 spiro atoms. The zero-order chi connectivity index (χ0) is 69.7. The predicted octanol–water partition coefficient (Wildman–Crippen LogP) is 21.9. The Morgan fingerprint density at radius 2 is 0.618 bits per heavy atom. The van der Waals surface area contributed by atoms with Crippen molar-refractivity contribution in [2.45, 2.75) is 45.4 Å². The molecule has 0 bridgehead atoms. The highest BCUT2D eigenvalue weighted by molar-refractivity contribution is 6.08. The molecule has 0 fully saturated rings. The minimum Gasteiger partial charge on any atom is -0.426 e. The smallest absolute Gasteiger partial charge is 0.339 e. The highest BCUT2D eigenvalue weighted by Crippen LogP contribution is 2.62. The monoisotopic (exact) mass is 1320 g/mol. The summed E-state index contributed by atoms with van der Waals surface area (Å²) in [5.74, 6) is -0.424. The molecule has 0 N–H and O–H groups in total. The lowest BCUT2D eigenvalue weighted by atomic mass is 9.65. The van der Waals surface area contributed by atoms with Crippen LogP contribution in [0.4, 0.5) is 0 Å². The Morgan fingerprint density at radius 3 is 1.01 bits per heavy atom. The van der Waals surface area contributed by atoms with E-state index in [0.29, 0.717) is 39.7 Å². The third-order valence-electron chi connectivity index (χ3n) is 20.7. The van der Waals surface area contributed by atoms with Gasteiger partial charge in [0.15, 0.2) is 0 Å². The summed E-state index contributed by atoms with van der Waals surface area (Å²) in [4.78, 5) is 53.1. The zero-order valence-electron chi connectivity index (χ0n) is 56.8. The average molecular weight is 1320 g/mol. The van der Waals surface area contributed by atoms with Crippen molar-refractivity contribution < 1.29 is 38.1 Å². The van der Waals surface area contributed by atoms with E-state index in [1.54, 1.807) is 32.9 Å². The van der Waals surface area contributed by atoms with Gasteiger partial charge in [0.2, 0.25) is 0 Å². The fourth-order valence-corrected chi connectivity index (χ4v) is 15.8. The standard InChI is InChI=1S/C94H66O8/c1-55(2)89(95)99-74-40-29-62-47-70(36-25-66(62)51-74)93(85-22-14-13-21-81(85)82-44-33-59-15-7-10-18-78(59)86(82)93)71-37-26-67-53-76(42-31-63(67)48-71)101-91(97)57(5)23-24-58(6)92(98)102-77-43-32-65-50-73(39-28-69(65)54-77)94(72-38-27-68-52-75(41-30-64(68)49-72)100-90(96)56(3)4)87-79-19-11-8-16-60(79)34-45-83(87)84-46-35-61-17-9-12-20-80(61)88(84)94/h7-54,56H,1H2,2-6H3/b57-23+,58-24+. The van der Waals surface area contributed by atoms with Crippen molar-refractivity contribution in [3.8, 4) is 45.3 Å². The highest BCUT2D eigenvalue weighted by Gasteiger charge is 2.50. The van der Waals surface area contributed by atoms with E-state index in [0.717, 1.165) is 109 Å². The van der Waals surface area contributed by atoms with E-state index in [1.165, 1.54) is 33.4 Å². The third-order valence-corrected chi connectivity index (χ3v) is 20.7. The molecule has 2 aliphatic rings. The molecule has 17 rings (SSSR count). The van der Waals surface area contributed by atoms with Gasteiger partial charge in [0.05, 0.1) is 16.7 Å². The minimum absolute atomic E-state index is 0.263. The van der Waals surface area contributed by atoms with Gasteiger partial charge >= 0.3 is 23.9 Å². The number of carbonyl (C=O) groups is 4. The molecule has 0 aliphatic heterocycles. The predicted molar refractivity (Wildman–Crippen MR) is 410 cm³/mol. The molecule has 0 aromatic heterocycles. The SMILES string of the molecule is C=C(C)C(=O)Oc1ccc2cc(C3(c4ccc5cc(OC(=O)/C(C)=C/C=C(\C)C(=O)Oc6ccc7cc(C8(c9ccc%10cc(OC(=O)C(C)C)ccc%10c9)c9c(ccc%10ccccc9%10)-c9ccc%10ccccc%10c98)ccc7c6)ccc5c4)c4ccccc4-c4ccc5ccccc5c43)ccc2c1. The molecule has 0 amide bonds. The van der Waals surface area contributed by atoms with Gasteiger partial charge in [0, 0.05) is 16.7 Å². The molecular weight excluding hydrogens is 1260 g/mol. The molecule has 0 heterocycles. The Kier molecular flexibility index (Phi) is 15.1. The van der Waals surface area contributed by atoms with Gasteiger partial charge in [-0.25, -0.2) is 14.4 Å². The van der Waals surface area contributed by atoms with E-state index in [1.807, 2.05) is 86.6 Å². The molecule has 15 aromatic carbocycles. The van der Waals surface area contributed by atoms with Crippen molar-refractivity contribution in [2.75, 3.05) is 0 Å². The lowest BCUT2D eigenvalue weighted by molar-refractivity contribution is -0.138. The molecule has 1 unspecified atom stereocenters. The number of benzene rings is 15. The van der Waals surface area contributed by atoms with Gasteiger partial charge < -0.3 is 18.9 Å². The fraction of sp³-hybridized carbons (Fsp3) is 0.0851. The Morgan fingerprint density at radius 1 is 0.314 bits per heavy atom. The molecule has 2 aliphatic carbocycles. The molecule has 0 radical (unpaired) electrons. The molecule has 8 heteroatoms. The highest BCUT2D eigenvalue weighted by atomic mass is 16.5. The van der Waals surface area contributed by atoms with E-state index in [9.17, 15) is 19.2 Å². The molecule has 0 saturated heterocycles. The van der Waals surface area contributed by atoms with E-state index < -0.39 is 28.7 Å². The molecule has 8 nitrogen and oxygen atoms in total. The summed E-state index contributed by atoms with van der Waals surface area (Å²) in [5.41, 5.74) is 13.1. The maximum Gasteiger partial charge on any atom is 0.339 e. The first-order valence-electron chi connectivity index (χ1n) is 34.4. The van der Waals surface area contributed by atoms with Crippen molar-refractivity contribution in [3.05, 3.63) is 359 Å². The number of allylic oxidation sites excluding steroid dienone is 2. The second kappa shape index (κ2) is 24.6.